The highest BCUT2D eigenvalue weighted by Crippen LogP contribution is 2.28. The molecule has 0 unspecified atom stereocenters. The molecular formula is C14H14FNO4. The molecule has 0 spiro atoms. The van der Waals surface area contributed by atoms with Gasteiger partial charge in [-0.1, -0.05) is 6.07 Å². The molecule has 5 nitrogen and oxygen atoms in total. The zero-order valence-electron chi connectivity index (χ0n) is 10.9. The van der Waals surface area contributed by atoms with Gasteiger partial charge in [0.1, 0.15) is 11.6 Å². The van der Waals surface area contributed by atoms with E-state index in [0.29, 0.717) is 19.6 Å². The fourth-order valence-electron chi connectivity index (χ4n) is 1.82. The summed E-state index contributed by atoms with van der Waals surface area (Å²) in [4.78, 5) is 14.9. The predicted molar refractivity (Wildman–Crippen MR) is 70.6 cm³/mol. The topological polar surface area (TPSA) is 68.7 Å². The van der Waals surface area contributed by atoms with Gasteiger partial charge in [-0.3, -0.25) is 0 Å². The van der Waals surface area contributed by atoms with E-state index in [4.69, 9.17) is 14.6 Å². The molecule has 1 aromatic heterocycles. The number of carboxylic acid groups (broad SMARTS) is 1. The van der Waals surface area contributed by atoms with Crippen molar-refractivity contribution in [2.24, 2.45) is 0 Å². The molecule has 0 saturated heterocycles. The Kier molecular flexibility index (Phi) is 4.47. The monoisotopic (exact) mass is 279 g/mol. The van der Waals surface area contributed by atoms with Crippen LogP contribution in [-0.2, 0) is 4.74 Å². The van der Waals surface area contributed by atoms with Gasteiger partial charge in [0.05, 0.1) is 17.5 Å². The summed E-state index contributed by atoms with van der Waals surface area (Å²) in [5.74, 6) is -1.49. The summed E-state index contributed by atoms with van der Waals surface area (Å²) in [5, 5.41) is 9.21. The fourth-order valence-corrected chi connectivity index (χ4v) is 1.82. The van der Waals surface area contributed by atoms with Gasteiger partial charge in [0.2, 0.25) is 0 Å². The predicted octanol–water partition coefficient (Wildman–Crippen LogP) is 2.49. The van der Waals surface area contributed by atoms with Crippen LogP contribution in [0.15, 0.2) is 24.3 Å². The van der Waals surface area contributed by atoms with E-state index in [1.165, 1.54) is 18.2 Å². The van der Waals surface area contributed by atoms with E-state index in [0.717, 1.165) is 0 Å². The van der Waals surface area contributed by atoms with E-state index in [1.807, 2.05) is 0 Å². The van der Waals surface area contributed by atoms with Crippen LogP contribution in [0, 0.1) is 5.82 Å². The standard InChI is InChI=1S/C14H14FNO4/c1-19-6-3-7-20-12-8-11(14(17)18)16-10-5-2-4-9(15)13(10)12/h2,4-5,8H,3,6-7H2,1H3,(H,17,18). The molecule has 0 aliphatic heterocycles. The molecule has 1 N–H and O–H groups in total. The van der Waals surface area contributed by atoms with Crippen LogP contribution in [0.4, 0.5) is 4.39 Å². The summed E-state index contributed by atoms with van der Waals surface area (Å²) in [6.07, 6.45) is 0.622. The minimum absolute atomic E-state index is 0.176. The molecule has 6 heteroatoms. The molecule has 0 amide bonds. The van der Waals surface area contributed by atoms with Crippen molar-refractivity contribution in [1.29, 1.82) is 0 Å². The summed E-state index contributed by atoms with van der Waals surface area (Å²) < 4.78 is 24.2. The van der Waals surface area contributed by atoms with Crippen molar-refractivity contribution in [3.05, 3.63) is 35.8 Å². The third kappa shape index (κ3) is 3.03. The second-order valence-corrected chi connectivity index (χ2v) is 4.14. The first-order valence-corrected chi connectivity index (χ1v) is 6.08. The summed E-state index contributed by atoms with van der Waals surface area (Å²) >= 11 is 0. The highest BCUT2D eigenvalue weighted by Gasteiger charge is 2.14. The van der Waals surface area contributed by atoms with Gasteiger partial charge in [0, 0.05) is 26.2 Å². The second kappa shape index (κ2) is 6.29. The maximum Gasteiger partial charge on any atom is 0.354 e. The van der Waals surface area contributed by atoms with E-state index in [9.17, 15) is 9.18 Å². The normalized spacial score (nSPS) is 10.7. The van der Waals surface area contributed by atoms with E-state index >= 15 is 0 Å². The number of nitrogens with zero attached hydrogens (tertiary/aromatic N) is 1. The molecule has 0 aliphatic carbocycles. The molecule has 0 radical (unpaired) electrons. The van der Waals surface area contributed by atoms with Crippen molar-refractivity contribution >= 4 is 16.9 Å². The van der Waals surface area contributed by atoms with E-state index in [2.05, 4.69) is 4.98 Å². The molecule has 0 fully saturated rings. The molecule has 2 rings (SSSR count). The van der Waals surface area contributed by atoms with Gasteiger partial charge in [-0.15, -0.1) is 0 Å². The maximum absolute atomic E-state index is 13.9. The number of carbonyl (C=O) groups is 1. The lowest BCUT2D eigenvalue weighted by atomic mass is 10.1. The van der Waals surface area contributed by atoms with Crippen molar-refractivity contribution < 1.29 is 23.8 Å². The van der Waals surface area contributed by atoms with Gasteiger partial charge in [-0.05, 0) is 12.1 Å². The van der Waals surface area contributed by atoms with Crippen molar-refractivity contribution in [3.8, 4) is 5.75 Å². The van der Waals surface area contributed by atoms with Gasteiger partial charge in [-0.2, -0.15) is 0 Å². The fraction of sp³-hybridized carbons (Fsp3) is 0.286. The number of halogens is 1. The number of carboxylic acids is 1. The first-order valence-electron chi connectivity index (χ1n) is 6.08. The Labute approximate surface area is 115 Å². The lowest BCUT2D eigenvalue weighted by molar-refractivity contribution is 0.0690. The largest absolute Gasteiger partial charge is 0.493 e. The number of hydrogen-bond acceptors (Lipinski definition) is 4. The van der Waals surface area contributed by atoms with Crippen molar-refractivity contribution in [2.75, 3.05) is 20.3 Å². The SMILES string of the molecule is COCCCOc1cc(C(=O)O)nc2cccc(F)c12. The number of benzene rings is 1. The number of ether oxygens (including phenoxy) is 2. The highest BCUT2D eigenvalue weighted by atomic mass is 19.1. The van der Waals surface area contributed by atoms with E-state index in [1.54, 1.807) is 13.2 Å². The molecule has 2 aromatic rings. The van der Waals surface area contributed by atoms with Crippen LogP contribution in [0.25, 0.3) is 10.9 Å². The van der Waals surface area contributed by atoms with Crippen LogP contribution in [0.2, 0.25) is 0 Å². The third-order valence-electron chi connectivity index (χ3n) is 2.72. The van der Waals surface area contributed by atoms with E-state index < -0.39 is 11.8 Å². The zero-order valence-corrected chi connectivity index (χ0v) is 10.9. The Bertz CT molecular complexity index is 630. The average Bonchev–Trinajstić information content (AvgIpc) is 2.43. The van der Waals surface area contributed by atoms with Gasteiger partial charge < -0.3 is 14.6 Å². The Balaban J connectivity index is 2.40. The number of rotatable bonds is 6. The first-order chi connectivity index (χ1) is 9.63. The summed E-state index contributed by atoms with van der Waals surface area (Å²) in [6.45, 7) is 0.817. The summed E-state index contributed by atoms with van der Waals surface area (Å²) in [7, 11) is 1.57. The minimum Gasteiger partial charge on any atom is -0.493 e. The van der Waals surface area contributed by atoms with Crippen LogP contribution < -0.4 is 4.74 Å². The molecule has 1 aromatic carbocycles. The number of aromatic carboxylic acids is 1. The molecular weight excluding hydrogens is 265 g/mol. The van der Waals surface area contributed by atoms with Crippen molar-refractivity contribution in [3.63, 3.8) is 0 Å². The van der Waals surface area contributed by atoms with Crippen LogP contribution in [-0.4, -0.2) is 36.4 Å². The van der Waals surface area contributed by atoms with Crippen LogP contribution in [0.3, 0.4) is 0 Å². The van der Waals surface area contributed by atoms with Crippen LogP contribution in [0.5, 0.6) is 5.75 Å². The Morgan fingerprint density at radius 3 is 2.90 bits per heavy atom. The molecule has 106 valence electrons. The van der Waals surface area contributed by atoms with Crippen molar-refractivity contribution in [1.82, 2.24) is 4.98 Å². The molecule has 20 heavy (non-hydrogen) atoms. The van der Waals surface area contributed by atoms with Gasteiger partial charge in [-0.25, -0.2) is 14.2 Å². The molecule has 0 bridgehead atoms. The number of methoxy groups -OCH3 is 1. The Hall–Kier alpha value is -2.21. The molecule has 0 saturated carbocycles. The van der Waals surface area contributed by atoms with Gasteiger partial charge in [0.25, 0.3) is 0 Å². The Morgan fingerprint density at radius 2 is 2.20 bits per heavy atom. The molecule has 1 heterocycles. The van der Waals surface area contributed by atoms with Crippen molar-refractivity contribution in [2.45, 2.75) is 6.42 Å². The lowest BCUT2D eigenvalue weighted by Gasteiger charge is -2.10. The number of pyridine rings is 1. The smallest absolute Gasteiger partial charge is 0.354 e. The number of fused-ring (bicyclic) bond motifs is 1. The quantitative estimate of drug-likeness (QED) is 0.823. The maximum atomic E-state index is 13.9. The lowest BCUT2D eigenvalue weighted by Crippen LogP contribution is -2.06. The first kappa shape index (κ1) is 14.2. The Morgan fingerprint density at radius 1 is 1.40 bits per heavy atom. The number of aromatic nitrogens is 1. The summed E-state index contributed by atoms with van der Waals surface area (Å²) in [5.41, 5.74) is 0.0801. The molecule has 0 atom stereocenters. The molecule has 0 aliphatic rings. The van der Waals surface area contributed by atoms with Gasteiger partial charge in [0.15, 0.2) is 5.69 Å². The van der Waals surface area contributed by atoms with Crippen LogP contribution in [0.1, 0.15) is 16.9 Å². The second-order valence-electron chi connectivity index (χ2n) is 4.14. The number of hydrogen-bond donors (Lipinski definition) is 1. The van der Waals surface area contributed by atoms with E-state index in [-0.39, 0.29) is 22.3 Å². The zero-order chi connectivity index (χ0) is 14.5. The third-order valence-corrected chi connectivity index (χ3v) is 2.72. The van der Waals surface area contributed by atoms with Gasteiger partial charge >= 0.3 is 5.97 Å². The summed E-state index contributed by atoms with van der Waals surface area (Å²) in [6, 6.07) is 5.55. The minimum atomic E-state index is -1.18. The average molecular weight is 279 g/mol. The van der Waals surface area contributed by atoms with Crippen LogP contribution >= 0.6 is 0 Å². The highest BCUT2D eigenvalue weighted by molar-refractivity contribution is 5.93.